The number of aromatic amines is 1. The predicted octanol–water partition coefficient (Wildman–Crippen LogP) is 4.02. The lowest BCUT2D eigenvalue weighted by molar-refractivity contribution is 0.430. The number of benzene rings is 2. The minimum Gasteiger partial charge on any atom is -0.337 e. The number of para-hydroxylation sites is 1. The molecule has 10 heteroatoms. The van der Waals surface area contributed by atoms with Crippen LogP contribution < -0.4 is 10.3 Å². The molecule has 0 fully saturated rings. The second kappa shape index (κ2) is 8.55. The highest BCUT2D eigenvalue weighted by Crippen LogP contribution is 2.23. The highest BCUT2D eigenvalue weighted by molar-refractivity contribution is 7.92. The largest absolute Gasteiger partial charge is 0.337 e. The molecule has 4 rings (SSSR count). The average Bonchev–Trinajstić information content (AvgIpc) is 3.27. The molecule has 0 radical (unpaired) electrons. The fourth-order valence-electron chi connectivity index (χ4n) is 3.37. The first-order valence-corrected chi connectivity index (χ1v) is 11.6. The summed E-state index contributed by atoms with van der Waals surface area (Å²) in [5.41, 5.74) is 3.94. The van der Waals surface area contributed by atoms with Gasteiger partial charge in [-0.15, -0.1) is 0 Å². The Kier molecular flexibility index (Phi) is 5.77. The fraction of sp³-hybridized carbons (Fsp3) is 0.174. The third kappa shape index (κ3) is 4.37. The van der Waals surface area contributed by atoms with E-state index in [9.17, 15) is 13.2 Å². The molecule has 33 heavy (non-hydrogen) atoms. The zero-order valence-corrected chi connectivity index (χ0v) is 19.4. The van der Waals surface area contributed by atoms with Crippen molar-refractivity contribution in [2.75, 3.05) is 4.72 Å². The normalized spacial score (nSPS) is 12.2. The van der Waals surface area contributed by atoms with Crippen molar-refractivity contribution in [2.24, 2.45) is 4.99 Å². The summed E-state index contributed by atoms with van der Waals surface area (Å²) < 4.78 is 34.2. The minimum atomic E-state index is -3.85. The number of nitrogens with zero attached hydrogens (tertiary/aromatic N) is 3. The second-order valence-corrected chi connectivity index (χ2v) is 9.29. The molecule has 2 aromatic heterocycles. The van der Waals surface area contributed by atoms with Crippen molar-refractivity contribution in [2.45, 2.75) is 32.6 Å². The standard InChI is InChI=1S/C23H23N5O4S/c1-14-15(2)26-32-22(14)27-33(30,31)20-12-10-18(11-13-20)24-16(3)21-17(4)25-28(23(21)29)19-8-6-5-7-9-19/h5-13,25,27H,1-4H3. The van der Waals surface area contributed by atoms with Crippen molar-refractivity contribution in [1.82, 2.24) is 14.9 Å². The molecule has 4 aromatic rings. The highest BCUT2D eigenvalue weighted by atomic mass is 32.2. The Morgan fingerprint density at radius 1 is 1.06 bits per heavy atom. The van der Waals surface area contributed by atoms with Gasteiger partial charge in [-0.3, -0.25) is 14.9 Å². The molecule has 0 atom stereocenters. The van der Waals surface area contributed by atoms with E-state index in [-0.39, 0.29) is 16.3 Å². The van der Waals surface area contributed by atoms with E-state index in [1.165, 1.54) is 16.8 Å². The number of anilines is 1. The number of sulfonamides is 1. The fourth-order valence-corrected chi connectivity index (χ4v) is 4.42. The summed E-state index contributed by atoms with van der Waals surface area (Å²) in [5.74, 6) is 0.0862. The number of nitrogens with one attached hydrogen (secondary N) is 2. The van der Waals surface area contributed by atoms with Gasteiger partial charge in [-0.05, 0) is 64.1 Å². The Balaban J connectivity index is 1.60. The van der Waals surface area contributed by atoms with Crippen LogP contribution in [0.25, 0.3) is 5.69 Å². The van der Waals surface area contributed by atoms with Crippen molar-refractivity contribution in [1.29, 1.82) is 0 Å². The Hall–Kier alpha value is -3.92. The van der Waals surface area contributed by atoms with E-state index in [4.69, 9.17) is 4.52 Å². The van der Waals surface area contributed by atoms with E-state index in [0.717, 1.165) is 5.69 Å². The monoisotopic (exact) mass is 465 g/mol. The van der Waals surface area contributed by atoms with E-state index in [1.807, 2.05) is 37.3 Å². The zero-order chi connectivity index (χ0) is 23.8. The first-order chi connectivity index (χ1) is 15.7. The van der Waals surface area contributed by atoms with Gasteiger partial charge in [0.2, 0.25) is 5.88 Å². The molecule has 0 unspecified atom stereocenters. The molecule has 0 saturated carbocycles. The second-order valence-electron chi connectivity index (χ2n) is 7.61. The van der Waals surface area contributed by atoms with Crippen molar-refractivity contribution in [3.8, 4) is 5.69 Å². The summed E-state index contributed by atoms with van der Waals surface area (Å²) in [5, 5.41) is 6.83. The molecule has 0 aliphatic rings. The maximum Gasteiger partial charge on any atom is 0.280 e. The Labute approximate surface area is 190 Å². The van der Waals surface area contributed by atoms with Crippen molar-refractivity contribution in [3.05, 3.63) is 87.5 Å². The first kappa shape index (κ1) is 22.3. The van der Waals surface area contributed by atoms with Gasteiger partial charge < -0.3 is 4.52 Å². The molecule has 0 spiro atoms. The SMILES string of the molecule is CC(=Nc1ccc(S(=O)(=O)Nc2onc(C)c2C)cc1)c1c(C)[nH]n(-c2ccccc2)c1=O. The van der Waals surface area contributed by atoms with Crippen LogP contribution >= 0.6 is 0 Å². The molecule has 2 heterocycles. The number of hydrogen-bond acceptors (Lipinski definition) is 6. The van der Waals surface area contributed by atoms with E-state index in [0.29, 0.717) is 33.9 Å². The van der Waals surface area contributed by atoms with Gasteiger partial charge in [0.25, 0.3) is 15.6 Å². The molecular weight excluding hydrogens is 442 g/mol. The summed E-state index contributed by atoms with van der Waals surface area (Å²) >= 11 is 0. The van der Waals surface area contributed by atoms with Crippen LogP contribution in [0.1, 0.15) is 29.4 Å². The number of aromatic nitrogens is 3. The molecule has 0 aliphatic heterocycles. The number of hydrogen-bond donors (Lipinski definition) is 2. The molecule has 170 valence electrons. The predicted molar refractivity (Wildman–Crippen MR) is 126 cm³/mol. The summed E-state index contributed by atoms with van der Waals surface area (Å²) in [6, 6.07) is 15.3. The van der Waals surface area contributed by atoms with Crippen molar-refractivity contribution >= 4 is 27.3 Å². The number of aryl methyl sites for hydroxylation is 2. The van der Waals surface area contributed by atoms with E-state index >= 15 is 0 Å². The van der Waals surface area contributed by atoms with Crippen LogP contribution in [0.15, 0.2) is 73.8 Å². The number of rotatable bonds is 6. The van der Waals surface area contributed by atoms with Gasteiger partial charge in [-0.25, -0.2) is 17.8 Å². The van der Waals surface area contributed by atoms with Gasteiger partial charge in [0.1, 0.15) is 0 Å². The molecular formula is C23H23N5O4S. The average molecular weight is 466 g/mol. The van der Waals surface area contributed by atoms with Crippen LogP contribution in [-0.2, 0) is 10.0 Å². The van der Waals surface area contributed by atoms with Gasteiger partial charge in [-0.1, -0.05) is 23.4 Å². The molecule has 9 nitrogen and oxygen atoms in total. The summed E-state index contributed by atoms with van der Waals surface area (Å²) in [7, 11) is -3.85. The molecule has 2 aromatic carbocycles. The van der Waals surface area contributed by atoms with Crippen LogP contribution in [0.2, 0.25) is 0 Å². The minimum absolute atomic E-state index is 0.0526. The third-order valence-corrected chi connectivity index (χ3v) is 6.62. The molecule has 0 amide bonds. The van der Waals surface area contributed by atoms with Crippen molar-refractivity contribution < 1.29 is 12.9 Å². The topological polar surface area (TPSA) is 122 Å². The number of H-pyrrole nitrogens is 1. The lowest BCUT2D eigenvalue weighted by atomic mass is 10.1. The van der Waals surface area contributed by atoms with Gasteiger partial charge in [0, 0.05) is 11.3 Å². The summed E-state index contributed by atoms with van der Waals surface area (Å²) in [4.78, 5) is 17.5. The smallest absolute Gasteiger partial charge is 0.280 e. The summed E-state index contributed by atoms with van der Waals surface area (Å²) in [6.45, 7) is 7.00. The van der Waals surface area contributed by atoms with E-state index in [2.05, 4.69) is 20.0 Å². The van der Waals surface area contributed by atoms with Crippen LogP contribution in [0.4, 0.5) is 11.6 Å². The van der Waals surface area contributed by atoms with Gasteiger partial charge >= 0.3 is 0 Å². The van der Waals surface area contributed by atoms with Gasteiger partial charge in [0.15, 0.2) is 0 Å². The van der Waals surface area contributed by atoms with Crippen LogP contribution in [0.5, 0.6) is 0 Å². The molecule has 0 bridgehead atoms. The maximum atomic E-state index is 13.0. The first-order valence-electron chi connectivity index (χ1n) is 10.2. The van der Waals surface area contributed by atoms with Crippen molar-refractivity contribution in [3.63, 3.8) is 0 Å². The lowest BCUT2D eigenvalue weighted by Crippen LogP contribution is -2.19. The Morgan fingerprint density at radius 3 is 2.33 bits per heavy atom. The van der Waals surface area contributed by atoms with Crippen LogP contribution in [-0.4, -0.2) is 29.1 Å². The quantitative estimate of drug-likeness (QED) is 0.417. The van der Waals surface area contributed by atoms with Gasteiger partial charge in [-0.2, -0.15) is 0 Å². The van der Waals surface area contributed by atoms with Crippen LogP contribution in [0, 0.1) is 20.8 Å². The Morgan fingerprint density at radius 2 is 1.73 bits per heavy atom. The van der Waals surface area contributed by atoms with Crippen LogP contribution in [0.3, 0.4) is 0 Å². The molecule has 2 N–H and O–H groups in total. The summed E-state index contributed by atoms with van der Waals surface area (Å²) in [6.07, 6.45) is 0. The number of aliphatic imine (C=N–C) groups is 1. The lowest BCUT2D eigenvalue weighted by Gasteiger charge is -2.06. The molecule has 0 aliphatic carbocycles. The van der Waals surface area contributed by atoms with E-state index < -0.39 is 10.0 Å². The molecule has 0 saturated heterocycles. The third-order valence-electron chi connectivity index (χ3n) is 5.28. The Bertz CT molecular complexity index is 1490. The zero-order valence-electron chi connectivity index (χ0n) is 18.6. The maximum absolute atomic E-state index is 13.0. The van der Waals surface area contributed by atoms with Gasteiger partial charge in [0.05, 0.1) is 33.2 Å². The van der Waals surface area contributed by atoms with E-state index in [1.54, 1.807) is 32.9 Å². The highest BCUT2D eigenvalue weighted by Gasteiger charge is 2.19.